The summed E-state index contributed by atoms with van der Waals surface area (Å²) in [5.41, 5.74) is 0.215. The van der Waals surface area contributed by atoms with Crippen molar-refractivity contribution in [1.82, 2.24) is 19.8 Å². The van der Waals surface area contributed by atoms with Gasteiger partial charge in [-0.05, 0) is 38.1 Å². The number of nitro benzene ring substituents is 2. The molecular formula is C19H15N7O6S. The summed E-state index contributed by atoms with van der Waals surface area (Å²) in [7, 11) is -4.38. The number of aromatic nitrogens is 4. The van der Waals surface area contributed by atoms with E-state index in [0.717, 1.165) is 12.1 Å². The minimum absolute atomic E-state index is 0.140. The molecule has 13 nitrogen and oxygen atoms in total. The second-order valence-corrected chi connectivity index (χ2v) is 8.71. The quantitative estimate of drug-likeness (QED) is 0.328. The summed E-state index contributed by atoms with van der Waals surface area (Å²) in [5, 5.41) is 34.9. The smallest absolute Gasteiger partial charge is 0.280 e. The highest BCUT2D eigenvalue weighted by molar-refractivity contribution is 7.92. The molecule has 0 saturated heterocycles. The molecule has 33 heavy (non-hydrogen) atoms. The van der Waals surface area contributed by atoms with Crippen LogP contribution in [-0.4, -0.2) is 38.1 Å². The van der Waals surface area contributed by atoms with E-state index in [2.05, 4.69) is 20.0 Å². The summed E-state index contributed by atoms with van der Waals surface area (Å²) in [6.45, 7) is 2.92. The fourth-order valence-electron chi connectivity index (χ4n) is 3.20. The summed E-state index contributed by atoms with van der Waals surface area (Å²) in [6, 6.07) is 11.3. The van der Waals surface area contributed by atoms with E-state index in [4.69, 9.17) is 0 Å². The van der Waals surface area contributed by atoms with Crippen LogP contribution in [0.25, 0.3) is 16.9 Å². The lowest BCUT2D eigenvalue weighted by Crippen LogP contribution is -2.14. The number of nitrogens with zero attached hydrogens (tertiary/aromatic N) is 6. The monoisotopic (exact) mass is 469 g/mol. The number of nitrogens with one attached hydrogen (secondary N) is 1. The van der Waals surface area contributed by atoms with Gasteiger partial charge >= 0.3 is 0 Å². The third kappa shape index (κ3) is 4.06. The van der Waals surface area contributed by atoms with Crippen LogP contribution in [0.15, 0.2) is 53.4 Å². The van der Waals surface area contributed by atoms with Gasteiger partial charge in [-0.15, -0.1) is 10.2 Å². The maximum absolute atomic E-state index is 12.9. The second-order valence-electron chi connectivity index (χ2n) is 7.02. The molecule has 0 aliphatic rings. The van der Waals surface area contributed by atoms with E-state index in [1.165, 1.54) is 23.6 Å². The molecule has 14 heteroatoms. The van der Waals surface area contributed by atoms with E-state index in [-0.39, 0.29) is 11.3 Å². The molecule has 0 aliphatic heterocycles. The van der Waals surface area contributed by atoms with Crippen LogP contribution in [0.5, 0.6) is 0 Å². The lowest BCUT2D eigenvalue weighted by atomic mass is 10.1. The first-order valence-corrected chi connectivity index (χ1v) is 10.8. The van der Waals surface area contributed by atoms with Crippen molar-refractivity contribution in [2.24, 2.45) is 0 Å². The zero-order chi connectivity index (χ0) is 23.9. The Morgan fingerprint density at radius 3 is 2.24 bits per heavy atom. The van der Waals surface area contributed by atoms with Crippen LogP contribution in [0.2, 0.25) is 0 Å². The van der Waals surface area contributed by atoms with Crippen LogP contribution in [0, 0.1) is 34.1 Å². The highest BCUT2D eigenvalue weighted by Crippen LogP contribution is 2.32. The number of anilines is 1. The Labute approximate surface area is 186 Å². The number of nitro groups is 2. The standard InChI is InChI=1S/C19H15N7O6S/c1-11-17(25(27)28)9-15(10-18(11)26(29)30)33(31,32)23-14-5-3-4-13(8-14)16-6-7-19-21-20-12(2)24(19)22-16/h3-10,23H,1-2H3. The highest BCUT2D eigenvalue weighted by atomic mass is 32.2. The molecule has 2 aromatic carbocycles. The fraction of sp³-hybridized carbons (Fsp3) is 0.105. The van der Waals surface area contributed by atoms with Crippen LogP contribution < -0.4 is 4.72 Å². The number of benzene rings is 2. The predicted octanol–water partition coefficient (Wildman–Crippen LogP) is 3.03. The van der Waals surface area contributed by atoms with E-state index in [0.29, 0.717) is 22.7 Å². The van der Waals surface area contributed by atoms with Gasteiger partial charge < -0.3 is 0 Å². The molecule has 2 heterocycles. The van der Waals surface area contributed by atoms with E-state index in [1.807, 2.05) is 0 Å². The van der Waals surface area contributed by atoms with Gasteiger partial charge in [0.2, 0.25) is 0 Å². The van der Waals surface area contributed by atoms with Crippen LogP contribution in [-0.2, 0) is 10.0 Å². The Balaban J connectivity index is 1.72. The minimum atomic E-state index is -4.38. The zero-order valence-electron chi connectivity index (χ0n) is 17.2. The lowest BCUT2D eigenvalue weighted by molar-refractivity contribution is -0.395. The van der Waals surface area contributed by atoms with E-state index in [1.54, 1.807) is 31.2 Å². The molecule has 1 N–H and O–H groups in total. The molecule has 2 aromatic heterocycles. The molecule has 0 bridgehead atoms. The Morgan fingerprint density at radius 2 is 1.61 bits per heavy atom. The first kappa shape index (κ1) is 21.8. The molecular weight excluding hydrogens is 454 g/mol. The summed E-state index contributed by atoms with van der Waals surface area (Å²) in [6.07, 6.45) is 0. The molecule has 0 unspecified atom stereocenters. The topological polar surface area (TPSA) is 176 Å². The van der Waals surface area contributed by atoms with E-state index >= 15 is 0 Å². The SMILES string of the molecule is Cc1c([N+](=O)[O-])cc(S(=O)(=O)Nc2cccc(-c3ccc4nnc(C)n4n3)c2)cc1[N+](=O)[O-]. The predicted molar refractivity (Wildman–Crippen MR) is 116 cm³/mol. The van der Waals surface area contributed by atoms with Gasteiger partial charge in [0.15, 0.2) is 11.5 Å². The van der Waals surface area contributed by atoms with Gasteiger partial charge in [-0.1, -0.05) is 12.1 Å². The number of sulfonamides is 1. The van der Waals surface area contributed by atoms with Crippen molar-refractivity contribution in [2.75, 3.05) is 4.72 Å². The fourth-order valence-corrected chi connectivity index (χ4v) is 4.29. The van der Waals surface area contributed by atoms with Crippen molar-refractivity contribution in [3.8, 4) is 11.3 Å². The largest absolute Gasteiger partial charge is 0.280 e. The van der Waals surface area contributed by atoms with Crippen molar-refractivity contribution in [3.63, 3.8) is 0 Å². The van der Waals surface area contributed by atoms with Crippen molar-refractivity contribution in [2.45, 2.75) is 18.7 Å². The number of aryl methyl sites for hydroxylation is 1. The van der Waals surface area contributed by atoms with Gasteiger partial charge in [0.05, 0.1) is 15.5 Å². The van der Waals surface area contributed by atoms with E-state index < -0.39 is 36.1 Å². The van der Waals surface area contributed by atoms with Gasteiger partial charge in [-0.3, -0.25) is 25.0 Å². The molecule has 0 fully saturated rings. The maximum atomic E-state index is 12.9. The molecule has 0 aliphatic carbocycles. The van der Waals surface area contributed by atoms with Crippen LogP contribution in [0.4, 0.5) is 17.1 Å². The molecule has 0 saturated carbocycles. The van der Waals surface area contributed by atoms with Gasteiger partial charge in [-0.25, -0.2) is 8.42 Å². The number of hydrogen-bond acceptors (Lipinski definition) is 9. The number of rotatable bonds is 6. The molecule has 0 spiro atoms. The molecule has 0 amide bonds. The minimum Gasteiger partial charge on any atom is -0.280 e. The van der Waals surface area contributed by atoms with Crippen molar-refractivity contribution < 1.29 is 18.3 Å². The van der Waals surface area contributed by atoms with Crippen LogP contribution in [0.1, 0.15) is 11.4 Å². The third-order valence-electron chi connectivity index (χ3n) is 4.86. The molecule has 4 aromatic rings. The first-order chi connectivity index (χ1) is 15.6. The van der Waals surface area contributed by atoms with Gasteiger partial charge in [-0.2, -0.15) is 9.61 Å². The van der Waals surface area contributed by atoms with Crippen molar-refractivity contribution in [3.05, 3.63) is 80.1 Å². The summed E-state index contributed by atoms with van der Waals surface area (Å²) < 4.78 is 29.7. The van der Waals surface area contributed by atoms with Crippen LogP contribution in [0.3, 0.4) is 0 Å². The average molecular weight is 469 g/mol. The lowest BCUT2D eigenvalue weighted by Gasteiger charge is -2.10. The second kappa shape index (κ2) is 7.90. The normalized spacial score (nSPS) is 11.5. The van der Waals surface area contributed by atoms with E-state index in [9.17, 15) is 28.6 Å². The average Bonchev–Trinajstić information content (AvgIpc) is 3.13. The van der Waals surface area contributed by atoms with Gasteiger partial charge in [0, 0.05) is 23.4 Å². The van der Waals surface area contributed by atoms with Gasteiger partial charge in [0.1, 0.15) is 10.5 Å². The summed E-state index contributed by atoms with van der Waals surface area (Å²) in [4.78, 5) is 20.2. The Bertz CT molecular complexity index is 1510. The van der Waals surface area contributed by atoms with Crippen LogP contribution >= 0.6 is 0 Å². The zero-order valence-corrected chi connectivity index (χ0v) is 18.0. The first-order valence-electron chi connectivity index (χ1n) is 9.32. The Kier molecular flexibility index (Phi) is 5.21. The van der Waals surface area contributed by atoms with Crippen molar-refractivity contribution in [1.29, 1.82) is 0 Å². The number of hydrogen-bond donors (Lipinski definition) is 1. The summed E-state index contributed by atoms with van der Waals surface area (Å²) in [5.74, 6) is 0.575. The summed E-state index contributed by atoms with van der Waals surface area (Å²) >= 11 is 0. The third-order valence-corrected chi connectivity index (χ3v) is 6.22. The Morgan fingerprint density at radius 1 is 0.939 bits per heavy atom. The highest BCUT2D eigenvalue weighted by Gasteiger charge is 2.28. The molecule has 4 rings (SSSR count). The molecule has 168 valence electrons. The number of fused-ring (bicyclic) bond motifs is 1. The Hall–Kier alpha value is -4.46. The molecule has 0 atom stereocenters. The maximum Gasteiger partial charge on any atom is 0.280 e. The van der Waals surface area contributed by atoms with Gasteiger partial charge in [0.25, 0.3) is 21.4 Å². The van der Waals surface area contributed by atoms with Crippen molar-refractivity contribution >= 4 is 32.7 Å². The molecule has 0 radical (unpaired) electrons.